The van der Waals surface area contributed by atoms with Crippen LogP contribution in [0, 0.1) is 11.8 Å². The van der Waals surface area contributed by atoms with Crippen molar-refractivity contribution >= 4 is 5.78 Å². The molecule has 3 unspecified atom stereocenters. The first kappa shape index (κ1) is 13.1. The van der Waals surface area contributed by atoms with E-state index >= 15 is 0 Å². The number of rotatable bonds is 6. The Kier molecular flexibility index (Phi) is 5.02. The Morgan fingerprint density at radius 1 is 1.29 bits per heavy atom. The molecule has 2 nitrogen and oxygen atoms in total. The predicted molar refractivity (Wildman–Crippen MR) is 69.0 cm³/mol. The Morgan fingerprint density at radius 3 is 2.82 bits per heavy atom. The fourth-order valence-electron chi connectivity index (χ4n) is 3.32. The van der Waals surface area contributed by atoms with Crippen LogP contribution in [-0.2, 0) is 9.53 Å². The summed E-state index contributed by atoms with van der Waals surface area (Å²) in [6.45, 7) is 3.17. The van der Waals surface area contributed by atoms with Crippen molar-refractivity contribution in [3.05, 3.63) is 0 Å². The highest BCUT2D eigenvalue weighted by Crippen LogP contribution is 2.34. The average molecular weight is 238 g/mol. The molecule has 0 aromatic heterocycles. The molecule has 2 heteroatoms. The van der Waals surface area contributed by atoms with E-state index in [1.165, 1.54) is 25.7 Å². The lowest BCUT2D eigenvalue weighted by atomic mass is 9.95. The van der Waals surface area contributed by atoms with E-state index in [0.717, 1.165) is 44.6 Å². The van der Waals surface area contributed by atoms with Crippen LogP contribution in [0.2, 0.25) is 0 Å². The Morgan fingerprint density at radius 2 is 2.18 bits per heavy atom. The molecule has 1 aliphatic heterocycles. The molecule has 0 N–H and O–H groups in total. The zero-order valence-electron chi connectivity index (χ0n) is 11.1. The molecule has 0 bridgehead atoms. The summed E-state index contributed by atoms with van der Waals surface area (Å²) < 4.78 is 5.58. The minimum absolute atomic E-state index is 0.393. The number of hydrogen-bond donors (Lipinski definition) is 0. The first-order valence-corrected chi connectivity index (χ1v) is 7.44. The van der Waals surface area contributed by atoms with Gasteiger partial charge in [0.15, 0.2) is 0 Å². The molecule has 2 fully saturated rings. The zero-order valence-corrected chi connectivity index (χ0v) is 11.1. The summed E-state index contributed by atoms with van der Waals surface area (Å²) in [6.07, 6.45) is 10.6. The third-order valence-corrected chi connectivity index (χ3v) is 4.55. The normalized spacial score (nSPS) is 33.1. The van der Waals surface area contributed by atoms with E-state index < -0.39 is 0 Å². The highest BCUT2D eigenvalue weighted by Gasteiger charge is 2.28. The second kappa shape index (κ2) is 6.53. The second-order valence-corrected chi connectivity index (χ2v) is 5.78. The highest BCUT2D eigenvalue weighted by molar-refractivity contribution is 5.81. The monoisotopic (exact) mass is 238 g/mol. The van der Waals surface area contributed by atoms with Gasteiger partial charge in [-0.3, -0.25) is 4.79 Å². The van der Waals surface area contributed by atoms with Crippen LogP contribution in [0.3, 0.4) is 0 Å². The number of carbonyl (C=O) groups excluding carboxylic acids is 1. The van der Waals surface area contributed by atoms with Gasteiger partial charge < -0.3 is 4.74 Å². The maximum Gasteiger partial charge on any atom is 0.135 e. The molecule has 1 saturated carbocycles. The lowest BCUT2D eigenvalue weighted by Crippen LogP contribution is -2.12. The largest absolute Gasteiger partial charge is 0.378 e. The van der Waals surface area contributed by atoms with Crippen LogP contribution in [0.15, 0.2) is 0 Å². The topological polar surface area (TPSA) is 26.3 Å². The van der Waals surface area contributed by atoms with Crippen LogP contribution in [0.25, 0.3) is 0 Å². The Bertz CT molecular complexity index is 243. The molecular formula is C15H26O2. The summed E-state index contributed by atoms with van der Waals surface area (Å²) in [7, 11) is 0. The van der Waals surface area contributed by atoms with Gasteiger partial charge >= 0.3 is 0 Å². The third kappa shape index (κ3) is 3.80. The minimum Gasteiger partial charge on any atom is -0.378 e. The number of ketones is 1. The van der Waals surface area contributed by atoms with Crippen LogP contribution in [0.5, 0.6) is 0 Å². The van der Waals surface area contributed by atoms with Gasteiger partial charge in [0, 0.05) is 18.9 Å². The third-order valence-electron chi connectivity index (χ3n) is 4.55. The molecule has 2 rings (SSSR count). The summed E-state index contributed by atoms with van der Waals surface area (Å²) in [5, 5.41) is 0. The van der Waals surface area contributed by atoms with Gasteiger partial charge in [-0.1, -0.05) is 13.3 Å². The maximum atomic E-state index is 12.0. The van der Waals surface area contributed by atoms with E-state index in [1.807, 2.05) is 0 Å². The summed E-state index contributed by atoms with van der Waals surface area (Å²) in [4.78, 5) is 12.0. The molecule has 2 aliphatic rings. The van der Waals surface area contributed by atoms with E-state index in [1.54, 1.807) is 0 Å². The summed E-state index contributed by atoms with van der Waals surface area (Å²) >= 11 is 0. The van der Waals surface area contributed by atoms with Crippen molar-refractivity contribution in [2.24, 2.45) is 11.8 Å². The van der Waals surface area contributed by atoms with E-state index in [-0.39, 0.29) is 0 Å². The van der Waals surface area contributed by atoms with E-state index in [4.69, 9.17) is 4.74 Å². The Balaban J connectivity index is 1.60. The van der Waals surface area contributed by atoms with Crippen LogP contribution in [-0.4, -0.2) is 18.5 Å². The van der Waals surface area contributed by atoms with E-state index in [0.29, 0.717) is 17.8 Å². The second-order valence-electron chi connectivity index (χ2n) is 5.78. The Hall–Kier alpha value is -0.370. The predicted octanol–water partition coefficient (Wildman–Crippen LogP) is 3.73. The van der Waals surface area contributed by atoms with Crippen molar-refractivity contribution < 1.29 is 9.53 Å². The van der Waals surface area contributed by atoms with Gasteiger partial charge in [-0.25, -0.2) is 0 Å². The molecule has 1 aliphatic carbocycles. The number of Topliss-reactive ketones (excluding diaryl/α,β-unsaturated/α-hetero) is 1. The van der Waals surface area contributed by atoms with Crippen LogP contribution in [0.1, 0.15) is 64.7 Å². The molecule has 0 amide bonds. The summed E-state index contributed by atoms with van der Waals surface area (Å²) in [5.74, 6) is 1.74. The molecule has 0 aromatic rings. The van der Waals surface area contributed by atoms with Crippen LogP contribution in [0.4, 0.5) is 0 Å². The smallest absolute Gasteiger partial charge is 0.135 e. The fourth-order valence-corrected chi connectivity index (χ4v) is 3.32. The molecular weight excluding hydrogens is 212 g/mol. The summed E-state index contributed by atoms with van der Waals surface area (Å²) in [6, 6.07) is 0. The van der Waals surface area contributed by atoms with Gasteiger partial charge in [-0.2, -0.15) is 0 Å². The SMILES string of the molecule is CCC1CCC(C(=O)CCCC2CCCO2)C1. The van der Waals surface area contributed by atoms with Crippen molar-refractivity contribution in [2.45, 2.75) is 70.8 Å². The lowest BCUT2D eigenvalue weighted by Gasteiger charge is -2.11. The average Bonchev–Trinajstić information content (AvgIpc) is 2.99. The minimum atomic E-state index is 0.393. The maximum absolute atomic E-state index is 12.0. The fraction of sp³-hybridized carbons (Fsp3) is 0.933. The van der Waals surface area contributed by atoms with E-state index in [2.05, 4.69) is 6.92 Å². The quantitative estimate of drug-likeness (QED) is 0.704. The number of carbonyl (C=O) groups is 1. The Labute approximate surface area is 105 Å². The molecule has 1 saturated heterocycles. The molecule has 3 atom stereocenters. The van der Waals surface area contributed by atoms with Crippen LogP contribution >= 0.6 is 0 Å². The van der Waals surface area contributed by atoms with Gasteiger partial charge in [0.2, 0.25) is 0 Å². The lowest BCUT2D eigenvalue weighted by molar-refractivity contribution is -0.123. The first-order valence-electron chi connectivity index (χ1n) is 7.44. The molecule has 0 aromatic carbocycles. The van der Waals surface area contributed by atoms with Crippen molar-refractivity contribution in [3.8, 4) is 0 Å². The van der Waals surface area contributed by atoms with Gasteiger partial charge in [-0.15, -0.1) is 0 Å². The summed E-state index contributed by atoms with van der Waals surface area (Å²) in [5.41, 5.74) is 0. The first-order chi connectivity index (χ1) is 8.29. The molecule has 0 radical (unpaired) electrons. The zero-order chi connectivity index (χ0) is 12.1. The number of ether oxygens (including phenoxy) is 1. The van der Waals surface area contributed by atoms with Crippen molar-refractivity contribution in [1.82, 2.24) is 0 Å². The number of hydrogen-bond acceptors (Lipinski definition) is 2. The van der Waals surface area contributed by atoms with Crippen LogP contribution < -0.4 is 0 Å². The van der Waals surface area contributed by atoms with Gasteiger partial charge in [0.05, 0.1) is 6.10 Å². The van der Waals surface area contributed by atoms with Gasteiger partial charge in [0.1, 0.15) is 5.78 Å². The van der Waals surface area contributed by atoms with Crippen molar-refractivity contribution in [1.29, 1.82) is 0 Å². The van der Waals surface area contributed by atoms with E-state index in [9.17, 15) is 4.79 Å². The van der Waals surface area contributed by atoms with Crippen molar-refractivity contribution in [3.63, 3.8) is 0 Å². The highest BCUT2D eigenvalue weighted by atomic mass is 16.5. The van der Waals surface area contributed by atoms with Gasteiger partial charge in [0.25, 0.3) is 0 Å². The molecule has 0 spiro atoms. The molecule has 1 heterocycles. The molecule has 98 valence electrons. The standard InChI is InChI=1S/C15H26O2/c1-2-12-8-9-13(11-12)15(16)7-3-5-14-6-4-10-17-14/h12-14H,2-11H2,1H3. The van der Waals surface area contributed by atoms with Crippen molar-refractivity contribution in [2.75, 3.05) is 6.61 Å². The molecule has 17 heavy (non-hydrogen) atoms. The van der Waals surface area contributed by atoms with Gasteiger partial charge in [-0.05, 0) is 50.9 Å².